The minimum Gasteiger partial charge on any atom is -0.491 e. The lowest BCUT2D eigenvalue weighted by molar-refractivity contribution is -0.148. The summed E-state index contributed by atoms with van der Waals surface area (Å²) < 4.78 is 11.0. The van der Waals surface area contributed by atoms with Crippen LogP contribution in [0.1, 0.15) is 65.2 Å². The molecular weight excluding hydrogens is 566 g/mol. The first-order valence-corrected chi connectivity index (χ1v) is 15.7. The summed E-state index contributed by atoms with van der Waals surface area (Å²) in [5, 5.41) is 17.3. The van der Waals surface area contributed by atoms with Crippen LogP contribution in [-0.4, -0.2) is 74.8 Å². The van der Waals surface area contributed by atoms with Gasteiger partial charge in [0.15, 0.2) is 12.7 Å². The summed E-state index contributed by atoms with van der Waals surface area (Å²) in [7, 11) is 0. The Bertz CT molecular complexity index is 1270. The lowest BCUT2D eigenvalue weighted by atomic mass is 9.96. The van der Waals surface area contributed by atoms with Crippen LogP contribution in [0.15, 0.2) is 42.5 Å². The van der Waals surface area contributed by atoms with Gasteiger partial charge in [0.2, 0.25) is 5.91 Å². The molecule has 1 saturated heterocycles. The molecule has 0 spiro atoms. The standard InChI is InChI=1S/C33H47N3O6S/c1-20(2)42-24-15-13-23(14-16-24)17-25(34-26(37)18-41-28-21(3)11-10-12-22(28)4)27(38)31(40)36-19-43-33(8,9)29(36)30(39)35-32(5,6)7/h10-16,20,25,27,29,38H,17-19H2,1-9H3,(H,34,37)(H,35,39)/t25-,27-,29?/m0/s1. The van der Waals surface area contributed by atoms with E-state index in [0.29, 0.717) is 11.5 Å². The summed E-state index contributed by atoms with van der Waals surface area (Å²) in [6.07, 6.45) is -1.41. The van der Waals surface area contributed by atoms with E-state index < -0.39 is 40.3 Å². The van der Waals surface area contributed by atoms with Gasteiger partial charge in [0.25, 0.3) is 11.8 Å². The Morgan fingerprint density at radius 1 is 1.07 bits per heavy atom. The molecule has 2 aromatic carbocycles. The van der Waals surface area contributed by atoms with Gasteiger partial charge in [-0.15, -0.1) is 11.8 Å². The van der Waals surface area contributed by atoms with E-state index in [1.165, 1.54) is 16.7 Å². The molecule has 43 heavy (non-hydrogen) atoms. The van der Waals surface area contributed by atoms with E-state index in [2.05, 4.69) is 10.6 Å². The van der Waals surface area contributed by atoms with Crippen LogP contribution in [0.2, 0.25) is 0 Å². The molecule has 10 heteroatoms. The molecule has 0 aromatic heterocycles. The van der Waals surface area contributed by atoms with Gasteiger partial charge in [-0.3, -0.25) is 14.4 Å². The van der Waals surface area contributed by atoms with Gasteiger partial charge in [0, 0.05) is 10.3 Å². The highest BCUT2D eigenvalue weighted by Gasteiger charge is 2.50. The fraction of sp³-hybridized carbons (Fsp3) is 0.545. The molecule has 0 radical (unpaired) electrons. The van der Waals surface area contributed by atoms with Crippen molar-refractivity contribution < 1.29 is 29.0 Å². The molecule has 1 heterocycles. The van der Waals surface area contributed by atoms with Gasteiger partial charge in [-0.05, 0) is 97.6 Å². The molecule has 3 atom stereocenters. The number of amides is 3. The number of aryl methyl sites for hydroxylation is 2. The van der Waals surface area contributed by atoms with Gasteiger partial charge in [0.1, 0.15) is 17.5 Å². The number of nitrogens with one attached hydrogen (secondary N) is 2. The maximum absolute atomic E-state index is 13.9. The average Bonchev–Trinajstić information content (AvgIpc) is 3.21. The van der Waals surface area contributed by atoms with Gasteiger partial charge < -0.3 is 30.1 Å². The number of nitrogens with zero attached hydrogens (tertiary/aromatic N) is 1. The molecule has 0 aliphatic carbocycles. The number of para-hydroxylation sites is 1. The molecule has 3 N–H and O–H groups in total. The summed E-state index contributed by atoms with van der Waals surface area (Å²) >= 11 is 1.47. The number of aliphatic hydroxyl groups is 1. The highest BCUT2D eigenvalue weighted by Crippen LogP contribution is 2.40. The van der Waals surface area contributed by atoms with E-state index in [4.69, 9.17) is 9.47 Å². The van der Waals surface area contributed by atoms with Crippen molar-refractivity contribution >= 4 is 29.5 Å². The highest BCUT2D eigenvalue weighted by atomic mass is 32.2. The molecule has 1 unspecified atom stereocenters. The first kappa shape index (κ1) is 34.3. The van der Waals surface area contributed by atoms with Crippen LogP contribution in [0.3, 0.4) is 0 Å². The predicted octanol–water partition coefficient (Wildman–Crippen LogP) is 4.15. The molecule has 1 aliphatic heterocycles. The zero-order valence-corrected chi connectivity index (χ0v) is 27.6. The van der Waals surface area contributed by atoms with Gasteiger partial charge >= 0.3 is 0 Å². The summed E-state index contributed by atoms with van der Waals surface area (Å²) in [4.78, 5) is 41.7. The number of ether oxygens (including phenoxy) is 2. The lowest BCUT2D eigenvalue weighted by Crippen LogP contribution is -2.60. The number of hydrogen-bond donors (Lipinski definition) is 3. The second-order valence-corrected chi connectivity index (χ2v) is 14.6. The second-order valence-electron chi connectivity index (χ2n) is 13.0. The Morgan fingerprint density at radius 2 is 1.67 bits per heavy atom. The van der Waals surface area contributed by atoms with Crippen molar-refractivity contribution in [1.82, 2.24) is 15.5 Å². The average molecular weight is 614 g/mol. The fourth-order valence-corrected chi connectivity index (χ4v) is 6.22. The minimum atomic E-state index is -1.60. The van der Waals surface area contributed by atoms with Crippen LogP contribution in [0, 0.1) is 13.8 Å². The number of aliphatic hydroxyl groups excluding tert-OH is 1. The maximum atomic E-state index is 13.9. The normalized spacial score (nSPS) is 17.7. The van der Waals surface area contributed by atoms with Crippen LogP contribution in [0.4, 0.5) is 0 Å². The predicted molar refractivity (Wildman–Crippen MR) is 170 cm³/mol. The third-order valence-electron chi connectivity index (χ3n) is 7.06. The quantitative estimate of drug-likeness (QED) is 0.349. The topological polar surface area (TPSA) is 117 Å². The van der Waals surface area contributed by atoms with Crippen molar-refractivity contribution in [1.29, 1.82) is 0 Å². The zero-order chi connectivity index (χ0) is 32.1. The molecule has 3 rings (SSSR count). The molecule has 3 amide bonds. The van der Waals surface area contributed by atoms with Crippen molar-refractivity contribution in [3.8, 4) is 11.5 Å². The summed E-state index contributed by atoms with van der Waals surface area (Å²) in [6, 6.07) is 11.3. The summed E-state index contributed by atoms with van der Waals surface area (Å²) in [5.41, 5.74) is 2.10. The zero-order valence-electron chi connectivity index (χ0n) is 26.8. The van der Waals surface area contributed by atoms with Gasteiger partial charge in [0.05, 0.1) is 18.0 Å². The number of thioether (sulfide) groups is 1. The summed E-state index contributed by atoms with van der Waals surface area (Å²) in [6.45, 7) is 16.9. The number of benzene rings is 2. The molecule has 0 saturated carbocycles. The van der Waals surface area contributed by atoms with Gasteiger partial charge in [-0.2, -0.15) is 0 Å². The van der Waals surface area contributed by atoms with E-state index in [1.807, 2.05) is 105 Å². The summed E-state index contributed by atoms with van der Waals surface area (Å²) in [5.74, 6) is 0.178. The second kappa shape index (κ2) is 14.0. The molecular formula is C33H47N3O6S. The van der Waals surface area contributed by atoms with Crippen molar-refractivity contribution in [2.24, 2.45) is 0 Å². The van der Waals surface area contributed by atoms with Crippen LogP contribution in [0.25, 0.3) is 0 Å². The third kappa shape index (κ3) is 9.37. The van der Waals surface area contributed by atoms with Crippen molar-refractivity contribution in [3.63, 3.8) is 0 Å². The van der Waals surface area contributed by atoms with Crippen molar-refractivity contribution in [2.45, 2.75) is 103 Å². The van der Waals surface area contributed by atoms with Gasteiger partial charge in [-0.25, -0.2) is 0 Å². The molecule has 236 valence electrons. The maximum Gasteiger partial charge on any atom is 0.258 e. The Kier molecular flexibility index (Phi) is 11.2. The molecule has 1 aliphatic rings. The lowest BCUT2D eigenvalue weighted by Gasteiger charge is -2.35. The Balaban J connectivity index is 1.83. The Hall–Kier alpha value is -3.24. The molecule has 0 bridgehead atoms. The van der Waals surface area contributed by atoms with Crippen LogP contribution in [0.5, 0.6) is 11.5 Å². The number of carbonyl (C=O) groups excluding carboxylic acids is 3. The van der Waals surface area contributed by atoms with E-state index in [1.54, 1.807) is 0 Å². The number of hydrogen-bond acceptors (Lipinski definition) is 7. The van der Waals surface area contributed by atoms with Crippen LogP contribution >= 0.6 is 11.8 Å². The first-order chi connectivity index (χ1) is 20.0. The van der Waals surface area contributed by atoms with E-state index in [0.717, 1.165) is 16.7 Å². The highest BCUT2D eigenvalue weighted by molar-refractivity contribution is 8.00. The largest absolute Gasteiger partial charge is 0.491 e. The van der Waals surface area contributed by atoms with Crippen molar-refractivity contribution in [2.75, 3.05) is 12.5 Å². The smallest absolute Gasteiger partial charge is 0.258 e. The van der Waals surface area contributed by atoms with Crippen LogP contribution in [-0.2, 0) is 20.8 Å². The van der Waals surface area contributed by atoms with Gasteiger partial charge in [-0.1, -0.05) is 30.3 Å². The molecule has 1 fully saturated rings. The van der Waals surface area contributed by atoms with Crippen molar-refractivity contribution in [3.05, 3.63) is 59.2 Å². The Labute approximate surface area is 260 Å². The minimum absolute atomic E-state index is 0.0141. The SMILES string of the molecule is Cc1cccc(C)c1OCC(=O)N[C@@H](Cc1ccc(OC(C)C)cc1)[C@H](O)C(=O)N1CSC(C)(C)C1C(=O)NC(C)(C)C. The monoisotopic (exact) mass is 613 g/mol. The van der Waals surface area contributed by atoms with E-state index in [-0.39, 0.29) is 30.9 Å². The molecule has 9 nitrogen and oxygen atoms in total. The fourth-order valence-electron chi connectivity index (χ4n) is 5.08. The Morgan fingerprint density at radius 3 is 2.23 bits per heavy atom. The third-order valence-corrected chi connectivity index (χ3v) is 8.44. The number of rotatable bonds is 11. The number of carbonyl (C=O) groups is 3. The van der Waals surface area contributed by atoms with E-state index in [9.17, 15) is 19.5 Å². The first-order valence-electron chi connectivity index (χ1n) is 14.7. The molecule has 2 aromatic rings. The van der Waals surface area contributed by atoms with E-state index >= 15 is 0 Å². The van der Waals surface area contributed by atoms with Crippen LogP contribution < -0.4 is 20.1 Å².